The second kappa shape index (κ2) is 13.5. The molecule has 51 heavy (non-hydrogen) atoms. The number of aromatic nitrogens is 3. The fraction of sp³-hybridized carbons (Fsp3) is 0.583. The summed E-state index contributed by atoms with van der Waals surface area (Å²) in [6.45, 7) is 10.6. The first-order valence-corrected chi connectivity index (χ1v) is 20.3. The number of piperidine rings is 1. The second-order valence-electron chi connectivity index (χ2n) is 14.8. The van der Waals surface area contributed by atoms with Crippen molar-refractivity contribution >= 4 is 48.1 Å². The molecule has 0 N–H and O–H groups in total. The lowest BCUT2D eigenvalue weighted by molar-refractivity contribution is -0.126. The van der Waals surface area contributed by atoms with Crippen LogP contribution in [0.5, 0.6) is 6.01 Å². The summed E-state index contributed by atoms with van der Waals surface area (Å²) in [5.41, 5.74) is 4.11. The normalized spacial score (nSPS) is 21.7. The lowest BCUT2D eigenvalue weighted by Gasteiger charge is -2.35. The van der Waals surface area contributed by atoms with E-state index in [1.54, 1.807) is 6.07 Å². The molecule has 0 saturated carbocycles. The standard InChI is InChI=1S/C36H44F3N7O3S2/c1-23(44-11-7-28(8-12-44)51(4,47)48)19-46-26(18-40)15-29-24(2)25(5-6-31(29)46)20-43-13-9-35(21-43)10-14-45(22-35)32-30-16-27(17-36(37,38)39)50-33(30)42-34(41-32)49-3/h5-6,15-16,23,28H,7-14,17,19-22H2,1-4H3/t23-,35?/m0/s1. The van der Waals surface area contributed by atoms with E-state index in [0.717, 1.165) is 80.9 Å². The van der Waals surface area contributed by atoms with Crippen LogP contribution in [0.3, 0.4) is 0 Å². The van der Waals surface area contributed by atoms with Crippen molar-refractivity contribution in [3.63, 3.8) is 0 Å². The number of hydrogen-bond donors (Lipinski definition) is 0. The molecule has 0 aliphatic carbocycles. The number of fused-ring (bicyclic) bond motifs is 2. The topological polar surface area (TPSA) is 108 Å². The van der Waals surface area contributed by atoms with Crippen LogP contribution in [0.15, 0.2) is 24.3 Å². The van der Waals surface area contributed by atoms with Crippen molar-refractivity contribution in [1.82, 2.24) is 24.3 Å². The minimum absolute atomic E-state index is 0.0521. The highest BCUT2D eigenvalue weighted by atomic mass is 32.2. The number of rotatable bonds is 9. The molecule has 15 heteroatoms. The van der Waals surface area contributed by atoms with Gasteiger partial charge in [-0.3, -0.25) is 9.80 Å². The van der Waals surface area contributed by atoms with Crippen molar-refractivity contribution in [2.24, 2.45) is 5.41 Å². The minimum Gasteiger partial charge on any atom is -0.467 e. The Labute approximate surface area is 300 Å². The maximum Gasteiger partial charge on any atom is 0.393 e. The lowest BCUT2D eigenvalue weighted by atomic mass is 9.86. The lowest BCUT2D eigenvalue weighted by Crippen LogP contribution is -2.44. The molecule has 1 spiro atoms. The summed E-state index contributed by atoms with van der Waals surface area (Å²) in [4.78, 5) is 16.7. The summed E-state index contributed by atoms with van der Waals surface area (Å²) < 4.78 is 71.1. The van der Waals surface area contributed by atoms with Gasteiger partial charge in [-0.2, -0.15) is 28.4 Å². The van der Waals surface area contributed by atoms with Crippen molar-refractivity contribution in [3.05, 3.63) is 46.0 Å². The van der Waals surface area contributed by atoms with E-state index >= 15 is 0 Å². The largest absolute Gasteiger partial charge is 0.467 e. The van der Waals surface area contributed by atoms with E-state index in [1.807, 2.05) is 6.07 Å². The number of benzene rings is 1. The minimum atomic E-state index is -4.30. The van der Waals surface area contributed by atoms with Crippen LogP contribution in [0.2, 0.25) is 0 Å². The highest BCUT2D eigenvalue weighted by molar-refractivity contribution is 7.91. The predicted octanol–water partition coefficient (Wildman–Crippen LogP) is 5.94. The summed E-state index contributed by atoms with van der Waals surface area (Å²) in [6, 6.07) is 10.6. The zero-order chi connectivity index (χ0) is 36.3. The molecule has 3 saturated heterocycles. The van der Waals surface area contributed by atoms with Crippen molar-refractivity contribution in [3.8, 4) is 12.1 Å². The highest BCUT2D eigenvalue weighted by Crippen LogP contribution is 2.44. The van der Waals surface area contributed by atoms with Gasteiger partial charge in [0.15, 0.2) is 0 Å². The number of alkyl halides is 3. The third-order valence-corrected chi connectivity index (χ3v) is 14.1. The first kappa shape index (κ1) is 35.9. The number of hydrogen-bond acceptors (Lipinski definition) is 10. The number of halogens is 3. The van der Waals surface area contributed by atoms with E-state index in [2.05, 4.69) is 61.3 Å². The average molecular weight is 744 g/mol. The maximum atomic E-state index is 13.2. The van der Waals surface area contributed by atoms with E-state index in [1.165, 1.54) is 24.5 Å². The van der Waals surface area contributed by atoms with Crippen LogP contribution in [0.25, 0.3) is 21.1 Å². The molecule has 3 aromatic heterocycles. The van der Waals surface area contributed by atoms with Crippen LogP contribution < -0.4 is 9.64 Å². The molecule has 0 amide bonds. The highest BCUT2D eigenvalue weighted by Gasteiger charge is 2.44. The van der Waals surface area contributed by atoms with Crippen LogP contribution in [0, 0.1) is 23.7 Å². The summed E-state index contributed by atoms with van der Waals surface area (Å²) in [6.07, 6.45) is -0.697. The molecule has 3 aliphatic heterocycles. The van der Waals surface area contributed by atoms with Gasteiger partial charge >= 0.3 is 12.2 Å². The molecule has 0 radical (unpaired) electrons. The Morgan fingerprint density at radius 3 is 2.53 bits per heavy atom. The van der Waals surface area contributed by atoms with Gasteiger partial charge in [0, 0.05) is 66.2 Å². The van der Waals surface area contributed by atoms with Gasteiger partial charge in [0.2, 0.25) is 0 Å². The summed E-state index contributed by atoms with van der Waals surface area (Å²) in [5, 5.41) is 11.5. The molecule has 0 bridgehead atoms. The Kier molecular flexibility index (Phi) is 9.52. The molecule has 1 aromatic carbocycles. The van der Waals surface area contributed by atoms with Crippen molar-refractivity contribution < 1.29 is 26.3 Å². The van der Waals surface area contributed by atoms with E-state index in [-0.39, 0.29) is 27.6 Å². The van der Waals surface area contributed by atoms with Gasteiger partial charge in [-0.1, -0.05) is 6.07 Å². The number of anilines is 1. The Morgan fingerprint density at radius 2 is 1.84 bits per heavy atom. The predicted molar refractivity (Wildman–Crippen MR) is 193 cm³/mol. The molecule has 6 heterocycles. The monoisotopic (exact) mass is 743 g/mol. The summed E-state index contributed by atoms with van der Waals surface area (Å²) >= 11 is 1.04. The first-order valence-electron chi connectivity index (χ1n) is 17.5. The van der Waals surface area contributed by atoms with E-state index in [4.69, 9.17) is 4.74 Å². The van der Waals surface area contributed by atoms with Crippen molar-refractivity contribution in [2.45, 2.75) is 76.5 Å². The molecular weight excluding hydrogens is 700 g/mol. The van der Waals surface area contributed by atoms with Gasteiger partial charge in [-0.25, -0.2) is 8.42 Å². The van der Waals surface area contributed by atoms with E-state index < -0.39 is 22.4 Å². The summed E-state index contributed by atoms with van der Waals surface area (Å²) in [7, 11) is -1.56. The fourth-order valence-corrected chi connectivity index (χ4v) is 10.6. The number of nitrogens with zero attached hydrogens (tertiary/aromatic N) is 7. The average Bonchev–Trinajstić information content (AvgIpc) is 3.86. The molecule has 3 fully saturated rings. The number of sulfone groups is 1. The van der Waals surface area contributed by atoms with Crippen molar-refractivity contribution in [2.75, 3.05) is 57.5 Å². The molecule has 4 aromatic rings. The quantitative estimate of drug-likeness (QED) is 0.206. The number of ether oxygens (including phenoxy) is 1. The molecule has 10 nitrogen and oxygen atoms in total. The number of aryl methyl sites for hydroxylation is 1. The smallest absolute Gasteiger partial charge is 0.393 e. The zero-order valence-corrected chi connectivity index (χ0v) is 31.1. The van der Waals surface area contributed by atoms with Crippen LogP contribution in [-0.4, -0.2) is 103 Å². The van der Waals surface area contributed by atoms with E-state index in [9.17, 15) is 26.9 Å². The van der Waals surface area contributed by atoms with Crippen LogP contribution in [0.4, 0.5) is 19.0 Å². The van der Waals surface area contributed by atoms with E-state index in [0.29, 0.717) is 41.1 Å². The van der Waals surface area contributed by atoms with Gasteiger partial charge in [-0.05, 0) is 88.5 Å². The number of methoxy groups -OCH3 is 1. The van der Waals surface area contributed by atoms with Crippen LogP contribution in [-0.2, 0) is 29.3 Å². The molecule has 2 atom stereocenters. The zero-order valence-electron chi connectivity index (χ0n) is 29.5. The third-order valence-electron chi connectivity index (χ3n) is 11.3. The van der Waals surface area contributed by atoms with Crippen molar-refractivity contribution in [1.29, 1.82) is 5.26 Å². The Hall–Kier alpha value is -3.45. The van der Waals surface area contributed by atoms with Gasteiger partial charge in [0.1, 0.15) is 32.2 Å². The Morgan fingerprint density at radius 1 is 1.10 bits per heavy atom. The number of likely N-dealkylation sites (tertiary alicyclic amines) is 2. The third kappa shape index (κ3) is 7.29. The SMILES string of the molecule is COc1nc(N2CCC3(CCN(Cc4ccc5c(cc(C#N)n5C[C@H](C)N5CCC(S(C)(=O)=O)CC5)c4C)C3)C2)c2cc(CC(F)(F)F)sc2n1. The molecule has 3 aliphatic rings. The van der Waals surface area contributed by atoms with Crippen LogP contribution >= 0.6 is 11.3 Å². The Bertz CT molecular complexity index is 2100. The maximum absolute atomic E-state index is 13.2. The number of nitriles is 1. The first-order chi connectivity index (χ1) is 24.1. The number of thiophene rings is 1. The molecule has 1 unspecified atom stereocenters. The van der Waals surface area contributed by atoms with Gasteiger partial charge in [0.25, 0.3) is 0 Å². The van der Waals surface area contributed by atoms with Crippen LogP contribution in [0.1, 0.15) is 54.3 Å². The molecular formula is C36H44F3N7O3S2. The fourth-order valence-electron chi connectivity index (χ4n) is 8.51. The second-order valence-corrected chi connectivity index (χ2v) is 18.3. The van der Waals surface area contributed by atoms with Gasteiger partial charge < -0.3 is 14.2 Å². The van der Waals surface area contributed by atoms with Gasteiger partial charge in [-0.15, -0.1) is 11.3 Å². The molecule has 7 rings (SSSR count). The summed E-state index contributed by atoms with van der Waals surface area (Å²) in [5.74, 6) is 0.642. The Balaban J connectivity index is 1.04. The molecule has 274 valence electrons. The van der Waals surface area contributed by atoms with Gasteiger partial charge in [0.05, 0.1) is 24.2 Å².